The van der Waals surface area contributed by atoms with Gasteiger partial charge < -0.3 is 5.32 Å². The van der Waals surface area contributed by atoms with Crippen molar-refractivity contribution >= 4 is 0 Å². The number of rotatable bonds is 5. The number of hydrogen-bond donors (Lipinski definition) is 1. The average molecular weight is 137 g/mol. The Morgan fingerprint density at radius 3 is 2.90 bits per heavy atom. The van der Waals surface area contributed by atoms with Gasteiger partial charge in [0.15, 0.2) is 0 Å². The van der Waals surface area contributed by atoms with Crippen LogP contribution in [0.4, 0.5) is 0 Å². The summed E-state index contributed by atoms with van der Waals surface area (Å²) < 4.78 is 0. The zero-order valence-corrected chi connectivity index (χ0v) is 6.61. The van der Waals surface area contributed by atoms with E-state index in [1.807, 2.05) is 0 Å². The van der Waals surface area contributed by atoms with Gasteiger partial charge in [-0.25, -0.2) is 0 Å². The maximum Gasteiger partial charge on any atom is 0.0212 e. The van der Waals surface area contributed by atoms with E-state index in [0.29, 0.717) is 0 Å². The summed E-state index contributed by atoms with van der Waals surface area (Å²) in [5.41, 5.74) is 1.23. The molecular formula is C9H15N. The molecule has 0 aliphatic heterocycles. The fraction of sp³-hybridized carbons (Fsp3) is 0.556. The van der Waals surface area contributed by atoms with Crippen LogP contribution < -0.4 is 5.32 Å². The Labute approximate surface area is 63.5 Å². The summed E-state index contributed by atoms with van der Waals surface area (Å²) in [4.78, 5) is 0. The summed E-state index contributed by atoms with van der Waals surface area (Å²) in [6, 6.07) is 0. The summed E-state index contributed by atoms with van der Waals surface area (Å²) in [7, 11) is 0. The van der Waals surface area contributed by atoms with Crippen molar-refractivity contribution in [2.75, 3.05) is 13.1 Å². The molecular weight excluding hydrogens is 122 g/mol. The van der Waals surface area contributed by atoms with E-state index in [-0.39, 0.29) is 0 Å². The first-order valence-electron chi connectivity index (χ1n) is 3.62. The number of terminal acetylenes is 1. The predicted molar refractivity (Wildman–Crippen MR) is 45.8 cm³/mol. The lowest BCUT2D eigenvalue weighted by Gasteiger charge is -2.02. The van der Waals surface area contributed by atoms with E-state index < -0.39 is 0 Å². The second-order valence-electron chi connectivity index (χ2n) is 2.23. The first-order chi connectivity index (χ1) is 4.81. The van der Waals surface area contributed by atoms with E-state index in [1.165, 1.54) is 5.57 Å². The molecule has 1 nitrogen and oxygen atoms in total. The fourth-order valence-electron chi connectivity index (χ4n) is 0.551. The summed E-state index contributed by atoms with van der Waals surface area (Å²) in [6.45, 7) is 7.76. The maximum atomic E-state index is 5.07. The van der Waals surface area contributed by atoms with Gasteiger partial charge in [0.2, 0.25) is 0 Å². The molecule has 1 heteroatoms. The molecule has 1 N–H and O–H groups in total. The normalized spacial score (nSPS) is 8.80. The van der Waals surface area contributed by atoms with Crippen molar-refractivity contribution in [2.24, 2.45) is 0 Å². The lowest BCUT2D eigenvalue weighted by molar-refractivity contribution is 0.733. The molecule has 0 rings (SSSR count). The van der Waals surface area contributed by atoms with Crippen molar-refractivity contribution < 1.29 is 0 Å². The first-order valence-corrected chi connectivity index (χ1v) is 3.62. The molecule has 0 aromatic heterocycles. The second kappa shape index (κ2) is 6.38. The van der Waals surface area contributed by atoms with Crippen LogP contribution in [0.15, 0.2) is 12.2 Å². The molecule has 0 heterocycles. The molecule has 0 amide bonds. The zero-order valence-electron chi connectivity index (χ0n) is 6.61. The van der Waals surface area contributed by atoms with Crippen LogP contribution in [0.2, 0.25) is 0 Å². The Kier molecular flexibility index (Phi) is 5.91. The Morgan fingerprint density at radius 1 is 1.70 bits per heavy atom. The van der Waals surface area contributed by atoms with Crippen molar-refractivity contribution in [3.05, 3.63) is 12.2 Å². The second-order valence-corrected chi connectivity index (χ2v) is 2.23. The zero-order chi connectivity index (χ0) is 7.82. The molecule has 0 fully saturated rings. The van der Waals surface area contributed by atoms with Gasteiger partial charge in [0.05, 0.1) is 0 Å². The highest BCUT2D eigenvalue weighted by Gasteiger charge is 1.87. The molecule has 0 spiro atoms. The third-order valence-electron chi connectivity index (χ3n) is 1.32. The molecule has 0 aromatic carbocycles. The third-order valence-corrected chi connectivity index (χ3v) is 1.32. The van der Waals surface area contributed by atoms with Crippen LogP contribution in [0.25, 0.3) is 0 Å². The number of nitrogens with one attached hydrogen (secondary N) is 1. The van der Waals surface area contributed by atoms with Crippen molar-refractivity contribution in [1.82, 2.24) is 5.32 Å². The smallest absolute Gasteiger partial charge is 0.0212 e. The Balaban J connectivity index is 3.05. The molecule has 0 aromatic rings. The Bertz CT molecular complexity index is 130. The van der Waals surface area contributed by atoms with E-state index in [4.69, 9.17) is 6.42 Å². The van der Waals surface area contributed by atoms with Crippen LogP contribution in [0.1, 0.15) is 19.8 Å². The number of hydrogen-bond acceptors (Lipinski definition) is 1. The van der Waals surface area contributed by atoms with Gasteiger partial charge in [-0.2, -0.15) is 0 Å². The minimum atomic E-state index is 0.803. The van der Waals surface area contributed by atoms with Crippen molar-refractivity contribution in [3.8, 4) is 12.3 Å². The van der Waals surface area contributed by atoms with Gasteiger partial charge in [-0.15, -0.1) is 12.3 Å². The lowest BCUT2D eigenvalue weighted by atomic mass is 10.2. The SMILES string of the molecule is C#CCCNCC(=C)CC. The van der Waals surface area contributed by atoms with Crippen molar-refractivity contribution in [1.29, 1.82) is 0 Å². The van der Waals surface area contributed by atoms with Crippen LogP contribution in [0.3, 0.4) is 0 Å². The average Bonchev–Trinajstić information content (AvgIpc) is 1.98. The van der Waals surface area contributed by atoms with Crippen LogP contribution in [0.5, 0.6) is 0 Å². The summed E-state index contributed by atoms with van der Waals surface area (Å²) in [5.74, 6) is 2.57. The van der Waals surface area contributed by atoms with E-state index in [0.717, 1.165) is 25.9 Å². The van der Waals surface area contributed by atoms with Gasteiger partial charge in [-0.1, -0.05) is 19.1 Å². The highest BCUT2D eigenvalue weighted by atomic mass is 14.8. The molecule has 56 valence electrons. The molecule has 10 heavy (non-hydrogen) atoms. The third kappa shape index (κ3) is 5.40. The standard InChI is InChI=1S/C9H15N/c1-4-6-7-10-8-9(3)5-2/h1,10H,3,5-8H2,2H3. The van der Waals surface area contributed by atoms with Gasteiger partial charge in [-0.3, -0.25) is 0 Å². The van der Waals surface area contributed by atoms with E-state index in [1.54, 1.807) is 0 Å². The molecule has 0 saturated carbocycles. The molecule has 0 aliphatic carbocycles. The van der Waals surface area contributed by atoms with Gasteiger partial charge in [0, 0.05) is 19.5 Å². The van der Waals surface area contributed by atoms with Gasteiger partial charge in [0.25, 0.3) is 0 Å². The highest BCUT2D eigenvalue weighted by molar-refractivity contribution is 4.95. The van der Waals surface area contributed by atoms with Crippen LogP contribution in [-0.4, -0.2) is 13.1 Å². The minimum Gasteiger partial charge on any atom is -0.312 e. The van der Waals surface area contributed by atoms with Crippen molar-refractivity contribution in [2.45, 2.75) is 19.8 Å². The van der Waals surface area contributed by atoms with Crippen LogP contribution >= 0.6 is 0 Å². The van der Waals surface area contributed by atoms with E-state index >= 15 is 0 Å². The van der Waals surface area contributed by atoms with Gasteiger partial charge in [-0.05, 0) is 6.42 Å². The topological polar surface area (TPSA) is 12.0 Å². The first kappa shape index (κ1) is 9.26. The maximum absolute atomic E-state index is 5.07. The molecule has 0 bridgehead atoms. The quantitative estimate of drug-likeness (QED) is 0.344. The van der Waals surface area contributed by atoms with Gasteiger partial charge in [0.1, 0.15) is 0 Å². The van der Waals surface area contributed by atoms with Gasteiger partial charge >= 0.3 is 0 Å². The lowest BCUT2D eigenvalue weighted by Crippen LogP contribution is -2.17. The Morgan fingerprint density at radius 2 is 2.40 bits per heavy atom. The van der Waals surface area contributed by atoms with E-state index in [2.05, 4.69) is 24.7 Å². The summed E-state index contributed by atoms with van der Waals surface area (Å²) >= 11 is 0. The predicted octanol–water partition coefficient (Wildman–Crippen LogP) is 1.57. The molecule has 0 aliphatic rings. The van der Waals surface area contributed by atoms with E-state index in [9.17, 15) is 0 Å². The van der Waals surface area contributed by atoms with Crippen LogP contribution in [-0.2, 0) is 0 Å². The summed E-state index contributed by atoms with van der Waals surface area (Å²) in [5, 5.41) is 3.19. The minimum absolute atomic E-state index is 0.803. The molecule has 0 radical (unpaired) electrons. The molecule has 0 unspecified atom stereocenters. The van der Waals surface area contributed by atoms with Crippen molar-refractivity contribution in [3.63, 3.8) is 0 Å². The molecule has 0 saturated heterocycles. The summed E-state index contributed by atoms with van der Waals surface area (Å²) in [6.07, 6.45) is 6.91. The Hall–Kier alpha value is -0.740. The van der Waals surface area contributed by atoms with Crippen LogP contribution in [0, 0.1) is 12.3 Å². The molecule has 0 atom stereocenters. The highest BCUT2D eigenvalue weighted by Crippen LogP contribution is 1.91. The monoisotopic (exact) mass is 137 g/mol. The largest absolute Gasteiger partial charge is 0.312 e. The fourth-order valence-corrected chi connectivity index (χ4v) is 0.551.